The molecule has 0 aromatic heterocycles. The normalized spacial score (nSPS) is 17.2. The maximum atomic E-state index is 12.9. The molecule has 1 saturated heterocycles. The van der Waals surface area contributed by atoms with Crippen molar-refractivity contribution in [3.63, 3.8) is 0 Å². The number of carboxylic acid groups (broad SMARTS) is 1. The fourth-order valence-corrected chi connectivity index (χ4v) is 3.04. The quantitative estimate of drug-likeness (QED) is 0.891. The van der Waals surface area contributed by atoms with Gasteiger partial charge in [-0.1, -0.05) is 19.1 Å². The third-order valence-electron chi connectivity index (χ3n) is 4.49. The van der Waals surface area contributed by atoms with Crippen LogP contribution < -0.4 is 10.2 Å². The van der Waals surface area contributed by atoms with Crippen molar-refractivity contribution in [2.24, 2.45) is 5.41 Å². The Morgan fingerprint density at radius 2 is 1.90 bits per heavy atom. The predicted molar refractivity (Wildman–Crippen MR) is 81.6 cm³/mol. The Labute approximate surface area is 125 Å². The summed E-state index contributed by atoms with van der Waals surface area (Å²) in [6.45, 7) is 3.68. The highest BCUT2D eigenvalue weighted by Crippen LogP contribution is 2.36. The molecule has 2 N–H and O–H groups in total. The first-order valence-corrected chi connectivity index (χ1v) is 7.33. The molecule has 1 aromatic carbocycles. The van der Waals surface area contributed by atoms with Gasteiger partial charge in [0.2, 0.25) is 5.91 Å². The van der Waals surface area contributed by atoms with E-state index in [-0.39, 0.29) is 16.9 Å². The summed E-state index contributed by atoms with van der Waals surface area (Å²) in [6, 6.07) is 6.65. The maximum absolute atomic E-state index is 12.9. The molecule has 1 heterocycles. The van der Waals surface area contributed by atoms with Crippen LogP contribution in [-0.4, -0.2) is 37.1 Å². The Kier molecular flexibility index (Phi) is 4.63. The molecule has 0 saturated carbocycles. The lowest BCUT2D eigenvalue weighted by molar-refractivity contribution is -0.129. The van der Waals surface area contributed by atoms with Gasteiger partial charge in [0.05, 0.1) is 16.7 Å². The van der Waals surface area contributed by atoms with Crippen LogP contribution in [0.2, 0.25) is 0 Å². The molecule has 0 radical (unpaired) electrons. The molecule has 0 spiro atoms. The Bertz CT molecular complexity index is 536. The first kappa shape index (κ1) is 15.5. The van der Waals surface area contributed by atoms with Crippen LogP contribution in [0.15, 0.2) is 24.3 Å². The average Bonchev–Trinajstić information content (AvgIpc) is 2.54. The number of nitrogens with one attached hydrogen (secondary N) is 1. The number of carboxylic acids is 1. The minimum absolute atomic E-state index is 0.0141. The lowest BCUT2D eigenvalue weighted by Crippen LogP contribution is -2.48. The summed E-state index contributed by atoms with van der Waals surface area (Å²) < 4.78 is 0. The van der Waals surface area contributed by atoms with E-state index in [1.54, 1.807) is 25.2 Å². The van der Waals surface area contributed by atoms with Crippen molar-refractivity contribution >= 4 is 17.6 Å². The second-order valence-electron chi connectivity index (χ2n) is 5.57. The van der Waals surface area contributed by atoms with Crippen molar-refractivity contribution in [3.8, 4) is 0 Å². The van der Waals surface area contributed by atoms with E-state index in [0.717, 1.165) is 32.4 Å². The minimum atomic E-state index is -1.01. The first-order valence-electron chi connectivity index (χ1n) is 7.33. The number of nitrogens with zero attached hydrogens (tertiary/aromatic N) is 1. The molecule has 1 aliphatic heterocycles. The topological polar surface area (TPSA) is 69.6 Å². The first-order chi connectivity index (χ1) is 10.0. The maximum Gasteiger partial charge on any atom is 0.337 e. The van der Waals surface area contributed by atoms with Gasteiger partial charge in [-0.2, -0.15) is 0 Å². The molecule has 114 valence electrons. The van der Waals surface area contributed by atoms with Gasteiger partial charge in [0.1, 0.15) is 0 Å². The molecular weight excluding hydrogens is 268 g/mol. The number of piperidine rings is 1. The van der Waals surface area contributed by atoms with E-state index in [0.29, 0.717) is 5.69 Å². The highest BCUT2D eigenvalue weighted by atomic mass is 16.4. The monoisotopic (exact) mass is 290 g/mol. The summed E-state index contributed by atoms with van der Waals surface area (Å²) in [5.41, 5.74) is 0.237. The number of amides is 1. The van der Waals surface area contributed by atoms with Crippen molar-refractivity contribution in [2.75, 3.05) is 25.0 Å². The predicted octanol–water partition coefficient (Wildman–Crippen LogP) is 2.13. The zero-order chi connectivity index (χ0) is 15.5. The van der Waals surface area contributed by atoms with E-state index in [1.165, 1.54) is 11.0 Å². The van der Waals surface area contributed by atoms with Crippen molar-refractivity contribution in [2.45, 2.75) is 26.2 Å². The van der Waals surface area contributed by atoms with Crippen LogP contribution in [0.5, 0.6) is 0 Å². The van der Waals surface area contributed by atoms with Crippen LogP contribution in [0.4, 0.5) is 5.69 Å². The molecule has 0 atom stereocenters. The third-order valence-corrected chi connectivity index (χ3v) is 4.49. The van der Waals surface area contributed by atoms with E-state index in [4.69, 9.17) is 0 Å². The summed E-state index contributed by atoms with van der Waals surface area (Å²) in [5.74, 6) is -0.999. The van der Waals surface area contributed by atoms with Gasteiger partial charge in [-0.25, -0.2) is 4.79 Å². The fraction of sp³-hybridized carbons (Fsp3) is 0.500. The summed E-state index contributed by atoms with van der Waals surface area (Å²) in [6.07, 6.45) is 2.36. The highest BCUT2D eigenvalue weighted by Gasteiger charge is 2.40. The smallest absolute Gasteiger partial charge is 0.337 e. The Morgan fingerprint density at radius 1 is 1.29 bits per heavy atom. The van der Waals surface area contributed by atoms with Gasteiger partial charge < -0.3 is 15.3 Å². The summed E-state index contributed by atoms with van der Waals surface area (Å²) in [5, 5.41) is 12.6. The van der Waals surface area contributed by atoms with Crippen LogP contribution in [0.1, 0.15) is 36.5 Å². The van der Waals surface area contributed by atoms with Crippen molar-refractivity contribution in [1.82, 2.24) is 5.32 Å². The average molecular weight is 290 g/mol. The van der Waals surface area contributed by atoms with Gasteiger partial charge in [0.25, 0.3) is 0 Å². The van der Waals surface area contributed by atoms with Crippen LogP contribution in [-0.2, 0) is 4.79 Å². The zero-order valence-corrected chi connectivity index (χ0v) is 12.6. The molecular formula is C16H22N2O3. The van der Waals surface area contributed by atoms with Gasteiger partial charge in [-0.05, 0) is 44.5 Å². The molecule has 0 bridgehead atoms. The SMILES string of the molecule is CCC1(C(=O)N(C)c2ccccc2C(=O)O)CCNCC1. The number of hydrogen-bond acceptors (Lipinski definition) is 3. The molecule has 1 aliphatic rings. The zero-order valence-electron chi connectivity index (χ0n) is 12.6. The number of benzene rings is 1. The Morgan fingerprint density at radius 3 is 2.48 bits per heavy atom. The molecule has 5 heteroatoms. The van der Waals surface area contributed by atoms with Gasteiger partial charge in [-0.3, -0.25) is 4.79 Å². The number of hydrogen-bond donors (Lipinski definition) is 2. The summed E-state index contributed by atoms with van der Waals surface area (Å²) in [7, 11) is 1.67. The van der Waals surface area contributed by atoms with Crippen LogP contribution in [0.25, 0.3) is 0 Å². The van der Waals surface area contributed by atoms with Gasteiger partial charge in [0, 0.05) is 7.05 Å². The van der Waals surface area contributed by atoms with Crippen molar-refractivity contribution in [1.29, 1.82) is 0 Å². The standard InChI is InChI=1S/C16H22N2O3/c1-3-16(8-10-17-11-9-16)15(21)18(2)13-7-5-4-6-12(13)14(19)20/h4-7,17H,3,8-11H2,1-2H3,(H,19,20). The number of para-hydroxylation sites is 1. The van der Waals surface area contributed by atoms with Crippen LogP contribution in [0, 0.1) is 5.41 Å². The van der Waals surface area contributed by atoms with Gasteiger partial charge in [0.15, 0.2) is 0 Å². The summed E-state index contributed by atoms with van der Waals surface area (Å²) in [4.78, 5) is 25.8. The summed E-state index contributed by atoms with van der Waals surface area (Å²) >= 11 is 0. The Hall–Kier alpha value is -1.88. The minimum Gasteiger partial charge on any atom is -0.478 e. The van der Waals surface area contributed by atoms with Gasteiger partial charge in [-0.15, -0.1) is 0 Å². The molecule has 1 fully saturated rings. The second kappa shape index (κ2) is 6.26. The molecule has 21 heavy (non-hydrogen) atoms. The van der Waals surface area contributed by atoms with E-state index >= 15 is 0 Å². The fourth-order valence-electron chi connectivity index (χ4n) is 3.04. The van der Waals surface area contributed by atoms with E-state index < -0.39 is 5.97 Å². The van der Waals surface area contributed by atoms with E-state index in [2.05, 4.69) is 5.32 Å². The molecule has 1 aromatic rings. The van der Waals surface area contributed by atoms with Gasteiger partial charge >= 0.3 is 5.97 Å². The molecule has 2 rings (SSSR count). The molecule has 5 nitrogen and oxygen atoms in total. The van der Waals surface area contributed by atoms with Crippen LogP contribution in [0.3, 0.4) is 0 Å². The lowest BCUT2D eigenvalue weighted by Gasteiger charge is -2.38. The number of aromatic carboxylic acids is 1. The number of anilines is 1. The van der Waals surface area contributed by atoms with E-state index in [9.17, 15) is 14.7 Å². The van der Waals surface area contributed by atoms with Crippen molar-refractivity contribution in [3.05, 3.63) is 29.8 Å². The van der Waals surface area contributed by atoms with E-state index in [1.807, 2.05) is 6.92 Å². The largest absolute Gasteiger partial charge is 0.478 e. The molecule has 0 unspecified atom stereocenters. The Balaban J connectivity index is 2.32. The molecule has 1 amide bonds. The third kappa shape index (κ3) is 2.93. The lowest BCUT2D eigenvalue weighted by atomic mass is 9.75. The highest BCUT2D eigenvalue weighted by molar-refractivity contribution is 6.03. The number of rotatable bonds is 4. The van der Waals surface area contributed by atoms with Crippen molar-refractivity contribution < 1.29 is 14.7 Å². The number of carbonyl (C=O) groups is 2. The molecule has 0 aliphatic carbocycles. The number of carbonyl (C=O) groups excluding carboxylic acids is 1. The van der Waals surface area contributed by atoms with Crippen LogP contribution >= 0.6 is 0 Å². The second-order valence-corrected chi connectivity index (χ2v) is 5.57.